The van der Waals surface area contributed by atoms with Crippen LogP contribution in [0.3, 0.4) is 0 Å². The first-order valence-corrected chi connectivity index (χ1v) is 12.7. The molecule has 0 bridgehead atoms. The van der Waals surface area contributed by atoms with Gasteiger partial charge < -0.3 is 19.8 Å². The van der Waals surface area contributed by atoms with Crippen LogP contribution < -0.4 is 10.6 Å². The summed E-state index contributed by atoms with van der Waals surface area (Å²) in [6.07, 6.45) is 0.0948. The van der Waals surface area contributed by atoms with Crippen molar-refractivity contribution in [2.75, 3.05) is 5.32 Å². The van der Waals surface area contributed by atoms with Crippen molar-refractivity contribution < 1.29 is 23.5 Å². The number of nitrogens with one attached hydrogen (secondary N) is 2. The number of hydrogen-bond donors (Lipinski definition) is 2. The minimum atomic E-state index is -0.916. The van der Waals surface area contributed by atoms with Gasteiger partial charge in [0, 0.05) is 16.3 Å². The summed E-state index contributed by atoms with van der Waals surface area (Å²) in [6, 6.07) is 23.8. The highest BCUT2D eigenvalue weighted by Crippen LogP contribution is 2.34. The number of anilines is 1. The number of carbonyl (C=O) groups excluding carboxylic acids is 3. The van der Waals surface area contributed by atoms with E-state index in [9.17, 15) is 14.4 Å². The lowest BCUT2D eigenvalue weighted by molar-refractivity contribution is -0.126. The van der Waals surface area contributed by atoms with E-state index in [0.717, 1.165) is 11.1 Å². The molecule has 0 radical (unpaired) electrons. The number of nitrogens with zero attached hydrogens (tertiary/aromatic N) is 1. The van der Waals surface area contributed by atoms with Gasteiger partial charge in [-0.2, -0.15) is 0 Å². The molecule has 3 amide bonds. The van der Waals surface area contributed by atoms with Gasteiger partial charge in [0.1, 0.15) is 5.76 Å². The molecule has 5 rings (SSSR count). The Morgan fingerprint density at radius 2 is 1.74 bits per heavy atom. The van der Waals surface area contributed by atoms with Gasteiger partial charge in [0.25, 0.3) is 5.91 Å². The Bertz CT molecular complexity index is 1470. The van der Waals surface area contributed by atoms with E-state index in [2.05, 4.69) is 10.6 Å². The Kier molecular flexibility index (Phi) is 7.65. The fourth-order valence-corrected chi connectivity index (χ4v) is 4.57. The van der Waals surface area contributed by atoms with E-state index in [1.54, 1.807) is 60.7 Å². The van der Waals surface area contributed by atoms with Crippen LogP contribution in [0.1, 0.15) is 38.9 Å². The summed E-state index contributed by atoms with van der Waals surface area (Å²) in [6.45, 7) is 2.37. The van der Waals surface area contributed by atoms with Crippen molar-refractivity contribution in [3.8, 4) is 0 Å². The van der Waals surface area contributed by atoms with Crippen LogP contribution in [-0.2, 0) is 22.6 Å². The first kappa shape index (κ1) is 26.1. The van der Waals surface area contributed by atoms with Crippen molar-refractivity contribution in [1.29, 1.82) is 0 Å². The largest absolute Gasteiger partial charge is 0.467 e. The third-order valence-electron chi connectivity index (χ3n) is 6.43. The Morgan fingerprint density at radius 3 is 2.44 bits per heavy atom. The summed E-state index contributed by atoms with van der Waals surface area (Å²) in [5.41, 5.74) is 3.56. The van der Waals surface area contributed by atoms with Gasteiger partial charge in [0.2, 0.25) is 5.91 Å². The van der Waals surface area contributed by atoms with Crippen LogP contribution in [0, 0.1) is 6.92 Å². The number of cyclic esters (lactones) is 1. The molecule has 1 aliphatic heterocycles. The summed E-state index contributed by atoms with van der Waals surface area (Å²) < 4.78 is 11.1. The monoisotopic (exact) mass is 543 g/mol. The summed E-state index contributed by atoms with van der Waals surface area (Å²) >= 11 is 5.99. The zero-order chi connectivity index (χ0) is 27.4. The van der Waals surface area contributed by atoms with E-state index in [1.807, 2.05) is 31.2 Å². The van der Waals surface area contributed by atoms with Crippen molar-refractivity contribution in [2.45, 2.75) is 32.2 Å². The summed E-state index contributed by atoms with van der Waals surface area (Å²) in [5.74, 6) is -0.0836. The number of aryl methyl sites for hydroxylation is 1. The third kappa shape index (κ3) is 6.13. The van der Waals surface area contributed by atoms with Gasteiger partial charge in [-0.3, -0.25) is 14.5 Å². The number of ether oxygens (including phenoxy) is 1. The molecular formula is C30H26ClN3O5. The van der Waals surface area contributed by atoms with E-state index >= 15 is 0 Å². The highest BCUT2D eigenvalue weighted by Gasteiger charge is 2.47. The van der Waals surface area contributed by atoms with Gasteiger partial charge in [-0.15, -0.1) is 0 Å². The van der Waals surface area contributed by atoms with Crippen LogP contribution in [0.15, 0.2) is 95.6 Å². The standard InChI is InChI=1S/C30H26ClN3O5/c1-19-7-9-20(10-8-19)18-34-26(29(36)32-17-25-6-3-15-38-25)27(39-30(34)37)21-11-13-24(14-12-21)33-28(35)22-4-2-5-23(31)16-22/h2-16,26-27H,17-18H2,1H3,(H,32,36)(H,33,35)/t26-,27-/m1/s1. The zero-order valence-electron chi connectivity index (χ0n) is 21.1. The van der Waals surface area contributed by atoms with E-state index in [0.29, 0.717) is 27.6 Å². The number of carbonyl (C=O) groups is 3. The molecular weight excluding hydrogens is 518 g/mol. The number of furan rings is 1. The third-order valence-corrected chi connectivity index (χ3v) is 6.66. The fraction of sp³-hybridized carbons (Fsp3) is 0.167. The average molecular weight is 544 g/mol. The predicted octanol–water partition coefficient (Wildman–Crippen LogP) is 5.87. The molecule has 8 nitrogen and oxygen atoms in total. The fourth-order valence-electron chi connectivity index (χ4n) is 4.38. The van der Waals surface area contributed by atoms with Gasteiger partial charge in [-0.25, -0.2) is 4.79 Å². The van der Waals surface area contributed by atoms with Crippen molar-refractivity contribution >= 4 is 35.2 Å². The number of benzene rings is 3. The van der Waals surface area contributed by atoms with Crippen molar-refractivity contribution in [1.82, 2.24) is 10.2 Å². The van der Waals surface area contributed by atoms with E-state index < -0.39 is 18.2 Å². The number of hydrogen-bond acceptors (Lipinski definition) is 5. The second-order valence-electron chi connectivity index (χ2n) is 9.25. The molecule has 1 aromatic heterocycles. The number of halogens is 1. The lowest BCUT2D eigenvalue weighted by Gasteiger charge is -2.24. The molecule has 2 heterocycles. The maximum atomic E-state index is 13.4. The molecule has 4 aromatic rings. The first-order valence-electron chi connectivity index (χ1n) is 12.4. The Balaban J connectivity index is 1.36. The minimum Gasteiger partial charge on any atom is -0.467 e. The van der Waals surface area contributed by atoms with Crippen LogP contribution >= 0.6 is 11.6 Å². The van der Waals surface area contributed by atoms with E-state index in [1.165, 1.54) is 11.2 Å². The molecule has 2 N–H and O–H groups in total. The van der Waals surface area contributed by atoms with Crippen LogP contribution in [0.25, 0.3) is 0 Å². The Hall–Kier alpha value is -4.56. The summed E-state index contributed by atoms with van der Waals surface area (Å²) in [4.78, 5) is 40.5. The molecule has 0 spiro atoms. The highest BCUT2D eigenvalue weighted by molar-refractivity contribution is 6.31. The van der Waals surface area contributed by atoms with Gasteiger partial charge >= 0.3 is 6.09 Å². The van der Waals surface area contributed by atoms with Crippen molar-refractivity contribution in [3.63, 3.8) is 0 Å². The second-order valence-corrected chi connectivity index (χ2v) is 9.68. The maximum absolute atomic E-state index is 13.4. The van der Waals surface area contributed by atoms with Crippen LogP contribution in [0.5, 0.6) is 0 Å². The quantitative estimate of drug-likeness (QED) is 0.289. The molecule has 0 unspecified atom stereocenters. The lowest BCUT2D eigenvalue weighted by Crippen LogP contribution is -2.46. The van der Waals surface area contributed by atoms with Crippen LogP contribution in [0.4, 0.5) is 10.5 Å². The molecule has 1 aliphatic rings. The first-order chi connectivity index (χ1) is 18.9. The highest BCUT2D eigenvalue weighted by atomic mass is 35.5. The van der Waals surface area contributed by atoms with E-state index in [4.69, 9.17) is 20.8 Å². The van der Waals surface area contributed by atoms with Gasteiger partial charge in [-0.1, -0.05) is 59.6 Å². The molecule has 2 atom stereocenters. The molecule has 1 fully saturated rings. The molecule has 39 heavy (non-hydrogen) atoms. The van der Waals surface area contributed by atoms with Crippen molar-refractivity contribution in [2.24, 2.45) is 0 Å². The van der Waals surface area contributed by atoms with Crippen LogP contribution in [-0.4, -0.2) is 28.8 Å². The van der Waals surface area contributed by atoms with Gasteiger partial charge in [-0.05, 0) is 60.5 Å². The van der Waals surface area contributed by atoms with Crippen LogP contribution in [0.2, 0.25) is 5.02 Å². The smallest absolute Gasteiger partial charge is 0.411 e. The normalized spacial score (nSPS) is 16.6. The van der Waals surface area contributed by atoms with Crippen molar-refractivity contribution in [3.05, 3.63) is 124 Å². The molecule has 9 heteroatoms. The maximum Gasteiger partial charge on any atom is 0.411 e. The summed E-state index contributed by atoms with van der Waals surface area (Å²) in [5, 5.41) is 6.15. The lowest BCUT2D eigenvalue weighted by atomic mass is 10.00. The Morgan fingerprint density at radius 1 is 0.974 bits per heavy atom. The number of rotatable bonds is 8. The summed E-state index contributed by atoms with van der Waals surface area (Å²) in [7, 11) is 0. The predicted molar refractivity (Wildman–Crippen MR) is 146 cm³/mol. The second kappa shape index (κ2) is 11.4. The molecule has 0 aliphatic carbocycles. The topological polar surface area (TPSA) is 101 Å². The molecule has 3 aromatic carbocycles. The molecule has 198 valence electrons. The van der Waals surface area contributed by atoms with Gasteiger partial charge in [0.05, 0.1) is 19.4 Å². The van der Waals surface area contributed by atoms with E-state index in [-0.39, 0.29) is 24.9 Å². The average Bonchev–Trinajstić information content (AvgIpc) is 3.57. The number of amides is 3. The van der Waals surface area contributed by atoms with Gasteiger partial charge in [0.15, 0.2) is 12.1 Å². The minimum absolute atomic E-state index is 0.177. The SMILES string of the molecule is Cc1ccc(CN2C(=O)O[C@H](c3ccc(NC(=O)c4cccc(Cl)c4)cc3)[C@@H]2C(=O)NCc2ccco2)cc1. The molecule has 1 saturated heterocycles. The molecule has 0 saturated carbocycles. The zero-order valence-corrected chi connectivity index (χ0v) is 21.9. The Labute approximate surface area is 230 Å².